The molecule has 1 spiro atoms. The summed E-state index contributed by atoms with van der Waals surface area (Å²) in [4.78, 5) is 26.3. The van der Waals surface area contributed by atoms with Crippen molar-refractivity contribution in [2.75, 3.05) is 11.5 Å². The van der Waals surface area contributed by atoms with E-state index in [2.05, 4.69) is 5.10 Å². The van der Waals surface area contributed by atoms with E-state index in [1.807, 2.05) is 0 Å². The third-order valence-electron chi connectivity index (χ3n) is 4.66. The number of halogens is 1. The van der Waals surface area contributed by atoms with Gasteiger partial charge in [0.2, 0.25) is 11.8 Å². The number of imide groups is 1. The van der Waals surface area contributed by atoms with Crippen LogP contribution in [0.2, 0.25) is 0 Å². The van der Waals surface area contributed by atoms with Crippen LogP contribution in [0.3, 0.4) is 0 Å². The number of carbonyl (C=O) groups is 2. The van der Waals surface area contributed by atoms with E-state index in [9.17, 15) is 14.0 Å². The molecule has 1 aromatic heterocycles. The molecule has 0 saturated carbocycles. The Hall–Kier alpha value is -2.15. The van der Waals surface area contributed by atoms with Gasteiger partial charge in [0.25, 0.3) is 0 Å². The van der Waals surface area contributed by atoms with Crippen molar-refractivity contribution >= 4 is 23.6 Å². The Bertz CT molecular complexity index is 814. The van der Waals surface area contributed by atoms with Gasteiger partial charge in [-0.25, -0.2) is 9.07 Å². The van der Waals surface area contributed by atoms with Crippen molar-refractivity contribution < 1.29 is 14.0 Å². The Morgan fingerprint density at radius 2 is 2.08 bits per heavy atom. The second-order valence-corrected chi connectivity index (χ2v) is 7.35. The van der Waals surface area contributed by atoms with Crippen LogP contribution < -0.4 is 0 Å². The minimum Gasteiger partial charge on any atom is -0.276 e. The molecule has 24 heavy (non-hydrogen) atoms. The van der Waals surface area contributed by atoms with Crippen LogP contribution in [-0.4, -0.2) is 38.0 Å². The number of thioether (sulfide) groups is 1. The lowest BCUT2D eigenvalue weighted by Gasteiger charge is -2.19. The second-order valence-electron chi connectivity index (χ2n) is 6.25. The fourth-order valence-corrected chi connectivity index (χ4v) is 4.76. The Morgan fingerprint density at radius 3 is 2.83 bits per heavy atom. The van der Waals surface area contributed by atoms with Gasteiger partial charge in [-0.2, -0.15) is 16.9 Å². The molecule has 4 rings (SSSR count). The number of rotatable bonds is 3. The lowest BCUT2D eigenvalue weighted by atomic mass is 9.86. The van der Waals surface area contributed by atoms with E-state index in [-0.39, 0.29) is 24.2 Å². The van der Waals surface area contributed by atoms with Gasteiger partial charge in [-0.1, -0.05) is 12.1 Å². The van der Waals surface area contributed by atoms with Crippen molar-refractivity contribution in [1.82, 2.24) is 14.7 Å². The molecule has 2 saturated heterocycles. The molecule has 2 amide bonds. The summed E-state index contributed by atoms with van der Waals surface area (Å²) in [6, 6.07) is 8.05. The average molecular weight is 345 g/mol. The van der Waals surface area contributed by atoms with Crippen LogP contribution in [0, 0.1) is 11.2 Å². The maximum atomic E-state index is 13.8. The molecule has 0 unspecified atom stereocenters. The third-order valence-corrected chi connectivity index (χ3v) is 5.91. The summed E-state index contributed by atoms with van der Waals surface area (Å²) in [5.41, 5.74) is 0.407. The van der Waals surface area contributed by atoms with E-state index >= 15 is 0 Å². The van der Waals surface area contributed by atoms with Gasteiger partial charge in [-0.15, -0.1) is 0 Å². The van der Waals surface area contributed by atoms with Crippen LogP contribution in [0.5, 0.6) is 0 Å². The predicted octanol–water partition coefficient (Wildman–Crippen LogP) is 2.39. The molecule has 1 aromatic carbocycles. The highest BCUT2D eigenvalue weighted by molar-refractivity contribution is 7.99. The fourth-order valence-electron chi connectivity index (χ4n) is 3.32. The normalized spacial score (nSPS) is 23.6. The Labute approximate surface area is 142 Å². The van der Waals surface area contributed by atoms with Crippen LogP contribution in [0.4, 0.5) is 4.39 Å². The predicted molar refractivity (Wildman–Crippen MR) is 88.1 cm³/mol. The number of nitrogens with zero attached hydrogens (tertiary/aromatic N) is 3. The van der Waals surface area contributed by atoms with Crippen LogP contribution in [0.25, 0.3) is 5.69 Å². The Morgan fingerprint density at radius 1 is 1.25 bits per heavy atom. The molecule has 0 bridgehead atoms. The zero-order valence-corrected chi connectivity index (χ0v) is 13.8. The molecule has 5 nitrogen and oxygen atoms in total. The molecule has 3 heterocycles. The summed E-state index contributed by atoms with van der Waals surface area (Å²) in [7, 11) is 0. The van der Waals surface area contributed by atoms with Gasteiger partial charge in [0.05, 0.1) is 17.7 Å². The van der Waals surface area contributed by atoms with Crippen LogP contribution in [-0.2, 0) is 16.1 Å². The van der Waals surface area contributed by atoms with Gasteiger partial charge < -0.3 is 0 Å². The molecule has 124 valence electrons. The van der Waals surface area contributed by atoms with Crippen LogP contribution in [0.15, 0.2) is 36.5 Å². The SMILES string of the molecule is O=C1C[C@]2(CCSC2)C(=O)N1Cc1ccn(-c2ccccc2F)n1. The molecule has 2 fully saturated rings. The summed E-state index contributed by atoms with van der Waals surface area (Å²) >= 11 is 1.73. The molecular weight excluding hydrogens is 329 g/mol. The lowest BCUT2D eigenvalue weighted by Crippen LogP contribution is -2.35. The topological polar surface area (TPSA) is 55.2 Å². The zero-order chi connectivity index (χ0) is 16.7. The maximum Gasteiger partial charge on any atom is 0.237 e. The van der Waals surface area contributed by atoms with Gasteiger partial charge in [0, 0.05) is 18.4 Å². The highest BCUT2D eigenvalue weighted by Gasteiger charge is 2.53. The smallest absolute Gasteiger partial charge is 0.237 e. The summed E-state index contributed by atoms with van der Waals surface area (Å²) < 4.78 is 15.3. The molecule has 1 atom stereocenters. The van der Waals surface area contributed by atoms with Crippen molar-refractivity contribution in [3.05, 3.63) is 48.0 Å². The van der Waals surface area contributed by atoms with Gasteiger partial charge >= 0.3 is 0 Å². The minimum atomic E-state index is -0.504. The molecule has 2 aromatic rings. The molecule has 2 aliphatic rings. The number of likely N-dealkylation sites (tertiary alicyclic amines) is 1. The lowest BCUT2D eigenvalue weighted by molar-refractivity contribution is -0.141. The quantitative estimate of drug-likeness (QED) is 0.802. The second kappa shape index (κ2) is 5.73. The number of para-hydroxylation sites is 1. The van der Waals surface area contributed by atoms with E-state index in [0.29, 0.717) is 17.8 Å². The van der Waals surface area contributed by atoms with E-state index in [1.165, 1.54) is 15.6 Å². The average Bonchev–Trinajstić information content (AvgIpc) is 3.26. The van der Waals surface area contributed by atoms with Gasteiger partial charge in [0.1, 0.15) is 11.5 Å². The standard InChI is InChI=1S/C17H16FN3O2S/c18-13-3-1-2-4-14(13)21-7-5-12(19-21)10-20-15(22)9-17(16(20)23)6-8-24-11-17/h1-5,7H,6,8-11H2/t17-/m0/s1. The zero-order valence-electron chi connectivity index (χ0n) is 12.9. The molecule has 0 radical (unpaired) electrons. The number of hydrogen-bond acceptors (Lipinski definition) is 4. The summed E-state index contributed by atoms with van der Waals surface area (Å²) in [6.45, 7) is 0.144. The molecule has 0 N–H and O–H groups in total. The first-order chi connectivity index (χ1) is 11.6. The van der Waals surface area contributed by atoms with Crippen LogP contribution in [0.1, 0.15) is 18.5 Å². The number of amides is 2. The first-order valence-corrected chi connectivity index (χ1v) is 8.97. The number of benzene rings is 1. The van der Waals surface area contributed by atoms with Crippen molar-refractivity contribution in [1.29, 1.82) is 0 Å². The molecular formula is C17H16FN3O2S. The fraction of sp³-hybridized carbons (Fsp3) is 0.353. The summed E-state index contributed by atoms with van der Waals surface area (Å²) in [5, 5.41) is 4.31. The third kappa shape index (κ3) is 2.43. The van der Waals surface area contributed by atoms with Gasteiger partial charge in [0.15, 0.2) is 0 Å². The Balaban J connectivity index is 1.55. The highest BCUT2D eigenvalue weighted by atomic mass is 32.2. The highest BCUT2D eigenvalue weighted by Crippen LogP contribution is 2.45. The maximum absolute atomic E-state index is 13.8. The largest absolute Gasteiger partial charge is 0.276 e. The van der Waals surface area contributed by atoms with Crippen molar-refractivity contribution in [2.24, 2.45) is 5.41 Å². The first-order valence-electron chi connectivity index (χ1n) is 7.81. The van der Waals surface area contributed by atoms with Crippen molar-refractivity contribution in [2.45, 2.75) is 19.4 Å². The van der Waals surface area contributed by atoms with Crippen molar-refractivity contribution in [3.63, 3.8) is 0 Å². The number of hydrogen-bond donors (Lipinski definition) is 0. The number of carbonyl (C=O) groups excluding carboxylic acids is 2. The van der Waals surface area contributed by atoms with Crippen molar-refractivity contribution in [3.8, 4) is 5.69 Å². The first kappa shape index (κ1) is 15.4. The van der Waals surface area contributed by atoms with Gasteiger partial charge in [-0.05, 0) is 30.4 Å². The summed E-state index contributed by atoms with van der Waals surface area (Å²) in [6.07, 6.45) is 2.70. The molecule has 0 aliphatic carbocycles. The van der Waals surface area contributed by atoms with Crippen LogP contribution >= 0.6 is 11.8 Å². The van der Waals surface area contributed by atoms with Gasteiger partial charge in [-0.3, -0.25) is 14.5 Å². The minimum absolute atomic E-state index is 0.0852. The molecule has 7 heteroatoms. The monoisotopic (exact) mass is 345 g/mol. The van der Waals surface area contributed by atoms with E-state index in [0.717, 1.165) is 17.9 Å². The Kier molecular flexibility index (Phi) is 3.68. The van der Waals surface area contributed by atoms with E-state index < -0.39 is 5.41 Å². The van der Waals surface area contributed by atoms with E-state index in [1.54, 1.807) is 42.2 Å². The molecule has 2 aliphatic heterocycles. The summed E-state index contributed by atoms with van der Waals surface area (Å²) in [5.74, 6) is 1.05. The van der Waals surface area contributed by atoms with E-state index in [4.69, 9.17) is 0 Å². The number of aromatic nitrogens is 2.